The molecular formula is C22H20O6S. The molecule has 1 aromatic heterocycles. The maximum atomic E-state index is 12.3. The molecule has 0 aliphatic rings. The van der Waals surface area contributed by atoms with Crippen LogP contribution in [0.25, 0.3) is 10.1 Å². The minimum absolute atomic E-state index is 0.0299. The lowest BCUT2D eigenvalue weighted by Gasteiger charge is -2.07. The van der Waals surface area contributed by atoms with E-state index in [9.17, 15) is 19.5 Å². The van der Waals surface area contributed by atoms with Crippen LogP contribution >= 0.6 is 11.3 Å². The van der Waals surface area contributed by atoms with Crippen molar-refractivity contribution in [1.82, 2.24) is 0 Å². The summed E-state index contributed by atoms with van der Waals surface area (Å²) in [7, 11) is 0. The normalized spacial score (nSPS) is 10.7. The second-order valence-corrected chi connectivity index (χ2v) is 7.36. The highest BCUT2D eigenvalue weighted by Crippen LogP contribution is 2.36. The number of phenolic OH excluding ortho intramolecular Hbond substituents is 1. The van der Waals surface area contributed by atoms with Crippen LogP contribution in [0.5, 0.6) is 11.5 Å². The van der Waals surface area contributed by atoms with Crippen LogP contribution in [0.15, 0.2) is 48.5 Å². The second kappa shape index (κ2) is 9.34. The Labute approximate surface area is 171 Å². The van der Waals surface area contributed by atoms with E-state index < -0.39 is 5.97 Å². The van der Waals surface area contributed by atoms with Gasteiger partial charge in [0.2, 0.25) is 0 Å². The van der Waals surface area contributed by atoms with Crippen molar-refractivity contribution in [3.05, 3.63) is 59.0 Å². The van der Waals surface area contributed by atoms with Crippen molar-refractivity contribution in [2.24, 2.45) is 0 Å². The SMILES string of the molecule is CCOC(=O)CCC(=O)c1cc2cc(OCC(=O)c3ccccc3)c(O)cc2s1. The Bertz CT molecular complexity index is 1040. The van der Waals surface area contributed by atoms with Crippen LogP contribution in [0, 0.1) is 0 Å². The average molecular weight is 412 g/mol. The number of ether oxygens (including phenoxy) is 2. The highest BCUT2D eigenvalue weighted by Gasteiger charge is 2.16. The zero-order chi connectivity index (χ0) is 20.8. The molecule has 0 amide bonds. The van der Waals surface area contributed by atoms with Gasteiger partial charge in [0.25, 0.3) is 0 Å². The van der Waals surface area contributed by atoms with Crippen LogP contribution in [0.1, 0.15) is 39.8 Å². The monoisotopic (exact) mass is 412 g/mol. The number of hydrogen-bond donors (Lipinski definition) is 1. The molecule has 0 fully saturated rings. The number of carbonyl (C=O) groups excluding carboxylic acids is 3. The highest BCUT2D eigenvalue weighted by atomic mass is 32.1. The summed E-state index contributed by atoms with van der Waals surface area (Å²) >= 11 is 1.23. The minimum atomic E-state index is -0.404. The number of rotatable bonds is 9. The van der Waals surface area contributed by atoms with Crippen molar-refractivity contribution < 1.29 is 29.0 Å². The van der Waals surface area contributed by atoms with Crippen molar-refractivity contribution in [3.63, 3.8) is 0 Å². The van der Waals surface area contributed by atoms with E-state index in [2.05, 4.69) is 0 Å². The van der Waals surface area contributed by atoms with E-state index >= 15 is 0 Å². The number of aromatic hydroxyl groups is 1. The first kappa shape index (κ1) is 20.5. The molecule has 0 unspecified atom stereocenters. The van der Waals surface area contributed by atoms with Crippen molar-refractivity contribution in [2.45, 2.75) is 19.8 Å². The van der Waals surface area contributed by atoms with Gasteiger partial charge in [-0.25, -0.2) is 0 Å². The van der Waals surface area contributed by atoms with E-state index in [0.29, 0.717) is 15.1 Å². The lowest BCUT2D eigenvalue weighted by atomic mass is 10.1. The second-order valence-electron chi connectivity index (χ2n) is 6.27. The topological polar surface area (TPSA) is 89.9 Å². The number of hydrogen-bond acceptors (Lipinski definition) is 7. The predicted octanol–water partition coefficient (Wildman–Crippen LogP) is 4.39. The number of fused-ring (bicyclic) bond motifs is 1. The van der Waals surface area contributed by atoms with Crippen molar-refractivity contribution in [3.8, 4) is 11.5 Å². The van der Waals surface area contributed by atoms with Gasteiger partial charge in [-0.05, 0) is 24.4 Å². The molecule has 1 heterocycles. The van der Waals surface area contributed by atoms with Gasteiger partial charge in [0.1, 0.15) is 0 Å². The van der Waals surface area contributed by atoms with Gasteiger partial charge in [-0.15, -0.1) is 11.3 Å². The number of thiophene rings is 1. The fraction of sp³-hybridized carbons (Fsp3) is 0.227. The average Bonchev–Trinajstić information content (AvgIpc) is 3.13. The van der Waals surface area contributed by atoms with Gasteiger partial charge in [-0.1, -0.05) is 30.3 Å². The molecule has 0 aliphatic heterocycles. The van der Waals surface area contributed by atoms with Gasteiger partial charge in [-0.3, -0.25) is 14.4 Å². The van der Waals surface area contributed by atoms with Gasteiger partial charge >= 0.3 is 5.97 Å². The third-order valence-electron chi connectivity index (χ3n) is 4.19. The molecule has 0 spiro atoms. The third-order valence-corrected chi connectivity index (χ3v) is 5.33. The van der Waals surface area contributed by atoms with Crippen LogP contribution in [0.4, 0.5) is 0 Å². The van der Waals surface area contributed by atoms with Crippen LogP contribution in [-0.4, -0.2) is 35.9 Å². The molecule has 0 aliphatic carbocycles. The third kappa shape index (κ3) is 5.20. The van der Waals surface area contributed by atoms with E-state index in [4.69, 9.17) is 9.47 Å². The summed E-state index contributed by atoms with van der Waals surface area (Å²) in [6.07, 6.45) is 0.0920. The first-order valence-electron chi connectivity index (χ1n) is 9.14. The maximum absolute atomic E-state index is 12.3. The van der Waals surface area contributed by atoms with Crippen molar-refractivity contribution in [2.75, 3.05) is 13.2 Å². The summed E-state index contributed by atoms with van der Waals surface area (Å²) < 4.78 is 11.0. The number of benzene rings is 2. The molecule has 0 bridgehead atoms. The zero-order valence-electron chi connectivity index (χ0n) is 15.8. The fourth-order valence-electron chi connectivity index (χ4n) is 2.73. The molecule has 0 atom stereocenters. The Morgan fingerprint density at radius 2 is 1.76 bits per heavy atom. The smallest absolute Gasteiger partial charge is 0.306 e. The molecule has 7 heteroatoms. The Kier molecular flexibility index (Phi) is 6.61. The molecule has 0 radical (unpaired) electrons. The molecule has 2 aromatic carbocycles. The van der Waals surface area contributed by atoms with Crippen molar-refractivity contribution >= 4 is 39.0 Å². The maximum Gasteiger partial charge on any atom is 0.306 e. The minimum Gasteiger partial charge on any atom is -0.504 e. The lowest BCUT2D eigenvalue weighted by Crippen LogP contribution is -2.11. The molecular weight excluding hydrogens is 392 g/mol. The summed E-state index contributed by atoms with van der Waals surface area (Å²) in [6.45, 7) is 1.79. The summed E-state index contributed by atoms with van der Waals surface area (Å²) in [5.41, 5.74) is 0.526. The van der Waals surface area contributed by atoms with Crippen LogP contribution in [0.3, 0.4) is 0 Å². The van der Waals surface area contributed by atoms with Gasteiger partial charge in [-0.2, -0.15) is 0 Å². The largest absolute Gasteiger partial charge is 0.504 e. The number of ketones is 2. The van der Waals surface area contributed by atoms with Gasteiger partial charge < -0.3 is 14.6 Å². The summed E-state index contributed by atoms with van der Waals surface area (Å²) in [5.74, 6) is -0.708. The van der Waals surface area contributed by atoms with E-state index in [1.165, 1.54) is 17.4 Å². The molecule has 1 N–H and O–H groups in total. The lowest BCUT2D eigenvalue weighted by molar-refractivity contribution is -0.143. The number of carbonyl (C=O) groups is 3. The van der Waals surface area contributed by atoms with E-state index in [1.807, 2.05) is 6.07 Å². The fourth-order valence-corrected chi connectivity index (χ4v) is 3.78. The number of Topliss-reactive ketones (excluding diaryl/α,β-unsaturated/α-hetero) is 2. The predicted molar refractivity (Wildman–Crippen MR) is 110 cm³/mol. The number of esters is 1. The summed E-state index contributed by atoms with van der Waals surface area (Å²) in [4.78, 5) is 36.4. The molecule has 0 saturated heterocycles. The summed E-state index contributed by atoms with van der Waals surface area (Å²) in [5, 5.41) is 10.9. The van der Waals surface area contributed by atoms with E-state index in [-0.39, 0.29) is 49.1 Å². The van der Waals surface area contributed by atoms with Crippen LogP contribution in [-0.2, 0) is 9.53 Å². The quantitative estimate of drug-likeness (QED) is 0.414. The van der Waals surface area contributed by atoms with Gasteiger partial charge in [0.15, 0.2) is 29.7 Å². The molecule has 3 aromatic rings. The Morgan fingerprint density at radius 3 is 2.48 bits per heavy atom. The van der Waals surface area contributed by atoms with Crippen molar-refractivity contribution in [1.29, 1.82) is 0 Å². The standard InChI is InChI=1S/C22H20O6S/c1-2-27-22(26)9-8-16(23)21-11-15-10-19(17(24)12-20(15)29-21)28-13-18(25)14-6-4-3-5-7-14/h3-7,10-12,24H,2,8-9,13H2,1H3. The number of phenols is 1. The first-order valence-corrected chi connectivity index (χ1v) is 9.96. The molecule has 3 rings (SSSR count). The Hall–Kier alpha value is -3.19. The Morgan fingerprint density at radius 1 is 1.00 bits per heavy atom. The van der Waals surface area contributed by atoms with Crippen LogP contribution in [0.2, 0.25) is 0 Å². The molecule has 150 valence electrons. The zero-order valence-corrected chi connectivity index (χ0v) is 16.7. The molecule has 29 heavy (non-hydrogen) atoms. The Balaban J connectivity index is 1.69. The van der Waals surface area contributed by atoms with E-state index in [0.717, 1.165) is 5.39 Å². The molecule has 0 saturated carbocycles. The van der Waals surface area contributed by atoms with Crippen LogP contribution < -0.4 is 4.74 Å². The molecule has 6 nitrogen and oxygen atoms in total. The highest BCUT2D eigenvalue weighted by molar-refractivity contribution is 7.20. The summed E-state index contributed by atoms with van der Waals surface area (Å²) in [6, 6.07) is 13.5. The van der Waals surface area contributed by atoms with Gasteiger partial charge in [0, 0.05) is 22.8 Å². The van der Waals surface area contributed by atoms with Gasteiger partial charge in [0.05, 0.1) is 17.9 Å². The van der Waals surface area contributed by atoms with E-state index in [1.54, 1.807) is 43.3 Å². The first-order chi connectivity index (χ1) is 14.0.